The van der Waals surface area contributed by atoms with E-state index in [0.717, 1.165) is 27.4 Å². The van der Waals surface area contributed by atoms with E-state index in [-0.39, 0.29) is 0 Å². The minimum absolute atomic E-state index is 0.497. The Kier molecular flexibility index (Phi) is 6.67. The second kappa shape index (κ2) is 9.59. The highest BCUT2D eigenvalue weighted by Gasteiger charge is 2.15. The van der Waals surface area contributed by atoms with Gasteiger partial charge in [0.25, 0.3) is 0 Å². The third-order valence-corrected chi connectivity index (χ3v) is 5.99. The molecule has 0 aliphatic heterocycles. The largest absolute Gasteiger partial charge is 0.367 e. The average molecular weight is 472 g/mol. The number of hydrogen-bond donors (Lipinski definition) is 2. The second-order valence-electron chi connectivity index (χ2n) is 7.42. The first kappa shape index (κ1) is 20.2. The van der Waals surface area contributed by atoms with E-state index in [4.69, 9.17) is 16.6 Å². The van der Waals surface area contributed by atoms with Crippen LogP contribution in [0, 0.1) is 0 Å². The van der Waals surface area contributed by atoms with E-state index in [0.29, 0.717) is 17.6 Å². The summed E-state index contributed by atoms with van der Waals surface area (Å²) in [5, 5.41) is 7.57. The summed E-state index contributed by atoms with van der Waals surface area (Å²) in [5.74, 6) is 1.68. The van der Waals surface area contributed by atoms with E-state index in [1.807, 2.05) is 36.4 Å². The number of pyridine rings is 2. The smallest absolute Gasteiger partial charge is 0.126 e. The van der Waals surface area contributed by atoms with Crippen molar-refractivity contribution in [3.05, 3.63) is 69.8 Å². The van der Waals surface area contributed by atoms with Crippen molar-refractivity contribution < 1.29 is 0 Å². The lowest BCUT2D eigenvalue weighted by Crippen LogP contribution is -2.22. The number of anilines is 2. The van der Waals surface area contributed by atoms with Crippen molar-refractivity contribution in [2.75, 3.05) is 10.6 Å². The molecule has 4 rings (SSSR count). The molecule has 2 heterocycles. The first-order chi connectivity index (χ1) is 14.2. The highest BCUT2D eigenvalue weighted by molar-refractivity contribution is 9.10. The van der Waals surface area contributed by atoms with E-state index in [2.05, 4.69) is 43.7 Å². The summed E-state index contributed by atoms with van der Waals surface area (Å²) in [6, 6.07) is 16.7. The van der Waals surface area contributed by atoms with Crippen molar-refractivity contribution in [3.8, 4) is 11.3 Å². The molecule has 1 aliphatic rings. The number of hydrogen-bond acceptors (Lipinski definition) is 4. The molecule has 2 N–H and O–H groups in total. The molecule has 29 heavy (non-hydrogen) atoms. The highest BCUT2D eigenvalue weighted by Crippen LogP contribution is 2.30. The van der Waals surface area contributed by atoms with Crippen molar-refractivity contribution in [1.82, 2.24) is 9.97 Å². The fourth-order valence-electron chi connectivity index (χ4n) is 3.69. The molecule has 0 unspecified atom stereocenters. The van der Waals surface area contributed by atoms with Crippen LogP contribution < -0.4 is 10.6 Å². The normalized spacial score (nSPS) is 14.6. The van der Waals surface area contributed by atoms with Crippen molar-refractivity contribution in [2.45, 2.75) is 44.7 Å². The SMILES string of the molecule is Clc1cnc(NC2CCCCC2)cc1-c1cccc(NCc2cccc(Br)c2)n1. The summed E-state index contributed by atoms with van der Waals surface area (Å²) in [5.41, 5.74) is 2.92. The Hall–Kier alpha value is -2.11. The van der Waals surface area contributed by atoms with E-state index in [1.54, 1.807) is 6.20 Å². The number of halogens is 2. The number of nitrogens with zero attached hydrogens (tertiary/aromatic N) is 2. The number of benzene rings is 1. The first-order valence-electron chi connectivity index (χ1n) is 10.1. The summed E-state index contributed by atoms with van der Waals surface area (Å²) in [7, 11) is 0. The predicted octanol–water partition coefficient (Wildman–Crippen LogP) is 6.92. The van der Waals surface area contributed by atoms with Gasteiger partial charge in [0.15, 0.2) is 0 Å². The fraction of sp³-hybridized carbons (Fsp3) is 0.304. The molecule has 0 atom stereocenters. The van der Waals surface area contributed by atoms with Gasteiger partial charge in [0, 0.05) is 28.8 Å². The molecule has 1 fully saturated rings. The quantitative estimate of drug-likeness (QED) is 0.410. The van der Waals surface area contributed by atoms with Gasteiger partial charge in [-0.05, 0) is 48.7 Å². The van der Waals surface area contributed by atoms with E-state index in [1.165, 1.54) is 37.7 Å². The van der Waals surface area contributed by atoms with Crippen molar-refractivity contribution in [1.29, 1.82) is 0 Å². The van der Waals surface area contributed by atoms with Gasteiger partial charge in [-0.25, -0.2) is 9.97 Å². The van der Waals surface area contributed by atoms with Crippen LogP contribution in [-0.4, -0.2) is 16.0 Å². The predicted molar refractivity (Wildman–Crippen MR) is 124 cm³/mol. The van der Waals surface area contributed by atoms with E-state index in [9.17, 15) is 0 Å². The van der Waals surface area contributed by atoms with Crippen LogP contribution in [0.1, 0.15) is 37.7 Å². The van der Waals surface area contributed by atoms with Gasteiger partial charge in [0.2, 0.25) is 0 Å². The number of rotatable bonds is 6. The van der Waals surface area contributed by atoms with Gasteiger partial charge in [0.05, 0.1) is 10.7 Å². The minimum Gasteiger partial charge on any atom is -0.367 e. The van der Waals surface area contributed by atoms with Crippen molar-refractivity contribution in [2.24, 2.45) is 0 Å². The molecule has 0 spiro atoms. The molecule has 0 saturated heterocycles. The van der Waals surface area contributed by atoms with Crippen LogP contribution in [0.5, 0.6) is 0 Å². The van der Waals surface area contributed by atoms with E-state index < -0.39 is 0 Å². The Morgan fingerprint density at radius 3 is 2.66 bits per heavy atom. The van der Waals surface area contributed by atoms with Crippen LogP contribution in [0.15, 0.2) is 59.2 Å². The molecule has 0 bridgehead atoms. The molecule has 0 radical (unpaired) electrons. The van der Waals surface area contributed by atoms with Gasteiger partial charge in [-0.1, -0.05) is 65.0 Å². The Labute approximate surface area is 185 Å². The summed E-state index contributed by atoms with van der Waals surface area (Å²) >= 11 is 9.97. The van der Waals surface area contributed by atoms with Crippen molar-refractivity contribution >= 4 is 39.2 Å². The molecule has 4 nitrogen and oxygen atoms in total. The van der Waals surface area contributed by atoms with Crippen LogP contribution in [0.3, 0.4) is 0 Å². The monoisotopic (exact) mass is 470 g/mol. The van der Waals surface area contributed by atoms with Gasteiger partial charge >= 0.3 is 0 Å². The lowest BCUT2D eigenvalue weighted by Gasteiger charge is -2.23. The third kappa shape index (κ3) is 5.49. The first-order valence-corrected chi connectivity index (χ1v) is 11.2. The molecule has 1 saturated carbocycles. The maximum absolute atomic E-state index is 6.46. The standard InChI is InChI=1S/C23H24BrClN4/c24-17-7-4-6-16(12-17)14-26-22-11-5-10-21(29-22)19-13-23(27-15-20(19)25)28-18-8-2-1-3-9-18/h4-7,10-13,15,18H,1-3,8-9,14H2,(H,26,29)(H,27,28). The molecular formula is C23H24BrClN4. The van der Waals surface area contributed by atoms with Crippen LogP contribution in [-0.2, 0) is 6.54 Å². The van der Waals surface area contributed by atoms with Gasteiger partial charge in [-0.3, -0.25) is 0 Å². The van der Waals surface area contributed by atoms with Crippen LogP contribution >= 0.6 is 27.5 Å². The summed E-state index contributed by atoms with van der Waals surface area (Å²) in [4.78, 5) is 9.24. The lowest BCUT2D eigenvalue weighted by molar-refractivity contribution is 0.462. The zero-order chi connectivity index (χ0) is 20.1. The number of aromatic nitrogens is 2. The summed E-state index contributed by atoms with van der Waals surface area (Å²) in [6.45, 7) is 0.703. The summed E-state index contributed by atoms with van der Waals surface area (Å²) in [6.07, 6.45) is 8.02. The van der Waals surface area contributed by atoms with Gasteiger partial charge in [-0.15, -0.1) is 0 Å². The number of nitrogens with one attached hydrogen (secondary N) is 2. The Morgan fingerprint density at radius 1 is 1.00 bits per heavy atom. The van der Waals surface area contributed by atoms with Gasteiger partial charge in [0.1, 0.15) is 11.6 Å². The van der Waals surface area contributed by atoms with E-state index >= 15 is 0 Å². The minimum atomic E-state index is 0.497. The van der Waals surface area contributed by atoms with Crippen LogP contribution in [0.25, 0.3) is 11.3 Å². The zero-order valence-corrected chi connectivity index (χ0v) is 18.5. The topological polar surface area (TPSA) is 49.8 Å². The highest BCUT2D eigenvalue weighted by atomic mass is 79.9. The molecular weight excluding hydrogens is 448 g/mol. The lowest BCUT2D eigenvalue weighted by atomic mass is 9.95. The molecule has 6 heteroatoms. The maximum Gasteiger partial charge on any atom is 0.126 e. The molecule has 1 aromatic carbocycles. The summed E-state index contributed by atoms with van der Waals surface area (Å²) < 4.78 is 1.07. The third-order valence-electron chi connectivity index (χ3n) is 5.20. The van der Waals surface area contributed by atoms with Gasteiger partial charge < -0.3 is 10.6 Å². The second-order valence-corrected chi connectivity index (χ2v) is 8.74. The molecule has 1 aliphatic carbocycles. The maximum atomic E-state index is 6.46. The fourth-order valence-corrected chi connectivity index (χ4v) is 4.34. The zero-order valence-electron chi connectivity index (χ0n) is 16.2. The molecule has 3 aromatic rings. The Bertz CT molecular complexity index is 973. The van der Waals surface area contributed by atoms with Gasteiger partial charge in [-0.2, -0.15) is 0 Å². The van der Waals surface area contributed by atoms with Crippen molar-refractivity contribution in [3.63, 3.8) is 0 Å². The average Bonchev–Trinajstić information content (AvgIpc) is 2.75. The van der Waals surface area contributed by atoms with Crippen LogP contribution in [0.4, 0.5) is 11.6 Å². The van der Waals surface area contributed by atoms with Crippen LogP contribution in [0.2, 0.25) is 5.02 Å². The molecule has 150 valence electrons. The Morgan fingerprint density at radius 2 is 1.83 bits per heavy atom. The Balaban J connectivity index is 1.50. The molecule has 2 aromatic heterocycles. The molecule has 0 amide bonds.